The minimum absolute atomic E-state index is 0. The predicted molar refractivity (Wildman–Crippen MR) is 213 cm³/mol. The maximum atomic E-state index is 5.81. The van der Waals surface area contributed by atoms with Crippen LogP contribution < -0.4 is 24.8 Å². The molecule has 0 amide bonds. The molecule has 2 nitrogen and oxygen atoms in total. The van der Waals surface area contributed by atoms with Gasteiger partial charge in [0.15, 0.2) is 0 Å². The number of furan rings is 2. The molecular formula is C48H44Cl2O2Zr-2. The summed E-state index contributed by atoms with van der Waals surface area (Å²) in [4.78, 5) is 0. The SMILES string of the molecule is Cc1ccc(-c2cc3c(-c4ccccc4)c(C)c(C)cc3[cH-]2)o1.Cc1ccc(-c2cc3c(-c4ccccc4)c(C)c(C)cc3[cH-]2)o1.[Cl-].[Cl-].[Zr+2]=[C]1CCC1. The average molecular weight is 815 g/mol. The quantitative estimate of drug-likeness (QED) is 0.170. The summed E-state index contributed by atoms with van der Waals surface area (Å²) in [6.07, 6.45) is 4.36. The Balaban J connectivity index is 0.000000175. The van der Waals surface area contributed by atoms with E-state index in [1.807, 2.05) is 38.1 Å². The third-order valence-electron chi connectivity index (χ3n) is 10.2. The number of fused-ring (bicyclic) bond motifs is 2. The van der Waals surface area contributed by atoms with E-state index < -0.39 is 0 Å². The van der Waals surface area contributed by atoms with Gasteiger partial charge in [-0.05, 0) is 88.1 Å². The molecular weight excluding hydrogens is 771 g/mol. The van der Waals surface area contributed by atoms with Gasteiger partial charge in [0.2, 0.25) is 0 Å². The minimum atomic E-state index is 0. The van der Waals surface area contributed by atoms with Crippen LogP contribution in [0, 0.1) is 41.5 Å². The first-order valence-electron chi connectivity index (χ1n) is 17.9. The molecule has 0 N–H and O–H groups in total. The fourth-order valence-electron chi connectivity index (χ4n) is 6.98. The van der Waals surface area contributed by atoms with Crippen molar-refractivity contribution < 1.29 is 57.9 Å². The molecule has 6 aromatic carbocycles. The van der Waals surface area contributed by atoms with Gasteiger partial charge in [-0.15, -0.1) is 57.9 Å². The zero-order chi connectivity index (χ0) is 35.6. The summed E-state index contributed by atoms with van der Waals surface area (Å²) in [7, 11) is 0. The van der Waals surface area contributed by atoms with E-state index in [1.54, 1.807) is 27.4 Å². The van der Waals surface area contributed by atoms with E-state index in [0.717, 1.165) is 34.2 Å². The zero-order valence-corrected chi connectivity index (χ0v) is 35.2. The van der Waals surface area contributed by atoms with Crippen molar-refractivity contribution in [3.05, 3.63) is 155 Å². The second-order valence-electron chi connectivity index (χ2n) is 13.9. The summed E-state index contributed by atoms with van der Waals surface area (Å²) in [6.45, 7) is 12.8. The standard InChI is InChI=1S/2C22H19O.C4H6.2ClH.Zr/c2*1-14-11-18-12-19(21-10-9-15(2)23-21)13-20(18)22(16(14)3)17-7-5-4-6-8-17;1-2-4-3-1;;;/h2*4-13H,1-3H3;1-3H2;2*1H;/q2*-1;;;;+2/p-2. The number of hydrogen-bond donors (Lipinski definition) is 0. The molecule has 53 heavy (non-hydrogen) atoms. The molecule has 0 spiro atoms. The van der Waals surface area contributed by atoms with Gasteiger partial charge in [-0.1, -0.05) is 94.0 Å². The van der Waals surface area contributed by atoms with Gasteiger partial charge in [-0.2, -0.15) is 0 Å². The van der Waals surface area contributed by atoms with E-state index in [9.17, 15) is 0 Å². The molecule has 0 saturated heterocycles. The molecule has 1 saturated carbocycles. The van der Waals surface area contributed by atoms with Crippen molar-refractivity contribution in [1.82, 2.24) is 0 Å². The van der Waals surface area contributed by atoms with Gasteiger partial charge < -0.3 is 33.6 Å². The summed E-state index contributed by atoms with van der Waals surface area (Å²) in [6, 6.07) is 42.9. The van der Waals surface area contributed by atoms with Gasteiger partial charge >= 0.3 is 46.7 Å². The van der Waals surface area contributed by atoms with Crippen LogP contribution in [0.4, 0.5) is 0 Å². The van der Waals surface area contributed by atoms with E-state index in [0.29, 0.717) is 0 Å². The summed E-state index contributed by atoms with van der Waals surface area (Å²) >= 11 is 1.67. The normalized spacial score (nSPS) is 11.9. The Morgan fingerprint density at radius 3 is 1.19 bits per heavy atom. The van der Waals surface area contributed by atoms with E-state index in [4.69, 9.17) is 8.83 Å². The van der Waals surface area contributed by atoms with Crippen LogP contribution in [0.2, 0.25) is 0 Å². The van der Waals surface area contributed by atoms with Crippen molar-refractivity contribution in [2.45, 2.75) is 60.8 Å². The van der Waals surface area contributed by atoms with Crippen LogP contribution in [-0.2, 0) is 24.2 Å². The van der Waals surface area contributed by atoms with Crippen LogP contribution in [-0.4, -0.2) is 3.21 Å². The number of aryl methyl sites for hydroxylation is 4. The fraction of sp³-hybridized carbons (Fsp3) is 0.188. The third-order valence-corrected chi connectivity index (χ3v) is 11.4. The Hall–Kier alpha value is -4.01. The van der Waals surface area contributed by atoms with Crippen LogP contribution in [0.3, 0.4) is 0 Å². The molecule has 0 radical (unpaired) electrons. The molecule has 268 valence electrons. The monoisotopic (exact) mass is 812 g/mol. The summed E-state index contributed by atoms with van der Waals surface area (Å²) in [5.74, 6) is 3.77. The number of hydrogen-bond acceptors (Lipinski definition) is 2. The molecule has 1 fully saturated rings. The summed E-state index contributed by atoms with van der Waals surface area (Å²) in [5, 5.41) is 5.14. The number of benzene rings is 4. The van der Waals surface area contributed by atoms with E-state index in [2.05, 4.69) is 125 Å². The first kappa shape index (κ1) is 40.2. The zero-order valence-electron chi connectivity index (χ0n) is 31.2. The molecule has 1 aliphatic carbocycles. The Kier molecular flexibility index (Phi) is 13.2. The molecule has 5 heteroatoms. The summed E-state index contributed by atoms with van der Waals surface area (Å²) in [5.41, 5.74) is 12.8. The molecule has 0 aliphatic heterocycles. The summed E-state index contributed by atoms with van der Waals surface area (Å²) < 4.78 is 13.4. The van der Waals surface area contributed by atoms with Crippen molar-refractivity contribution in [1.29, 1.82) is 0 Å². The van der Waals surface area contributed by atoms with Gasteiger partial charge in [0, 0.05) is 0 Å². The van der Waals surface area contributed by atoms with Crippen LogP contribution in [0.25, 0.3) is 66.4 Å². The Labute approximate surface area is 341 Å². The Bertz CT molecular complexity index is 2300. The second-order valence-corrected chi connectivity index (χ2v) is 15.6. The van der Waals surface area contributed by atoms with E-state index in [-0.39, 0.29) is 24.8 Å². The van der Waals surface area contributed by atoms with Crippen molar-refractivity contribution in [3.8, 4) is 44.9 Å². The van der Waals surface area contributed by atoms with Crippen LogP contribution in [0.5, 0.6) is 0 Å². The molecule has 2 aromatic heterocycles. The van der Waals surface area contributed by atoms with Gasteiger partial charge in [-0.25, -0.2) is 0 Å². The second kappa shape index (κ2) is 17.4. The van der Waals surface area contributed by atoms with Gasteiger partial charge in [-0.3, -0.25) is 0 Å². The van der Waals surface area contributed by atoms with Crippen LogP contribution >= 0.6 is 0 Å². The van der Waals surface area contributed by atoms with Gasteiger partial charge in [0.05, 0.1) is 23.0 Å². The first-order valence-corrected chi connectivity index (χ1v) is 19.1. The Morgan fingerprint density at radius 2 is 0.887 bits per heavy atom. The predicted octanol–water partition coefficient (Wildman–Crippen LogP) is 7.72. The van der Waals surface area contributed by atoms with Crippen molar-refractivity contribution in [2.24, 2.45) is 0 Å². The molecule has 8 aromatic rings. The average Bonchev–Trinajstić information content (AvgIpc) is 3.93. The number of rotatable bonds is 4. The molecule has 1 aliphatic rings. The molecule has 0 atom stereocenters. The first-order chi connectivity index (χ1) is 24.7. The fourth-order valence-corrected chi connectivity index (χ4v) is 7.84. The Morgan fingerprint density at radius 1 is 0.509 bits per heavy atom. The molecule has 9 rings (SSSR count). The third kappa shape index (κ3) is 8.71. The molecule has 0 bridgehead atoms. The maximum absolute atomic E-state index is 5.81. The van der Waals surface area contributed by atoms with E-state index in [1.165, 1.54) is 85.3 Å². The van der Waals surface area contributed by atoms with Crippen LogP contribution in [0.1, 0.15) is 53.0 Å². The van der Waals surface area contributed by atoms with Gasteiger partial charge in [0.25, 0.3) is 0 Å². The number of halogens is 2. The molecule has 0 unspecified atom stereocenters. The van der Waals surface area contributed by atoms with Gasteiger partial charge in [0.1, 0.15) is 0 Å². The van der Waals surface area contributed by atoms with Crippen LogP contribution in [0.15, 0.2) is 130 Å². The van der Waals surface area contributed by atoms with Crippen molar-refractivity contribution in [3.63, 3.8) is 0 Å². The van der Waals surface area contributed by atoms with Crippen molar-refractivity contribution in [2.75, 3.05) is 0 Å². The molecule has 2 heterocycles. The van der Waals surface area contributed by atoms with Crippen molar-refractivity contribution >= 4 is 24.8 Å². The van der Waals surface area contributed by atoms with E-state index >= 15 is 0 Å². The topological polar surface area (TPSA) is 26.3 Å².